The molecule has 5 nitrogen and oxygen atoms in total. The smallest absolute Gasteiger partial charge is 0.297 e. The second-order valence-corrected chi connectivity index (χ2v) is 5.17. The summed E-state index contributed by atoms with van der Waals surface area (Å²) < 4.78 is 5.37. The average molecular weight is 294 g/mol. The molecule has 0 atom stereocenters. The normalized spacial score (nSPS) is 15.7. The van der Waals surface area contributed by atoms with Crippen molar-refractivity contribution in [1.29, 1.82) is 0 Å². The molecule has 1 aliphatic rings. The van der Waals surface area contributed by atoms with Crippen molar-refractivity contribution < 1.29 is 9.52 Å². The molecule has 1 fully saturated rings. The average Bonchev–Trinajstić information content (AvgIpc) is 2.97. The molecule has 2 aromatic rings. The van der Waals surface area contributed by atoms with Gasteiger partial charge in [-0.1, -0.05) is 11.6 Å². The zero-order valence-electron chi connectivity index (χ0n) is 11.0. The number of aliphatic hydroxyl groups excluding tert-OH is 1. The summed E-state index contributed by atoms with van der Waals surface area (Å²) in [5, 5.41) is 9.76. The van der Waals surface area contributed by atoms with Crippen LogP contribution in [0.1, 0.15) is 5.69 Å². The number of rotatable bonds is 3. The summed E-state index contributed by atoms with van der Waals surface area (Å²) in [6.45, 7) is 3.40. The highest BCUT2D eigenvalue weighted by atomic mass is 35.5. The van der Waals surface area contributed by atoms with Gasteiger partial charge in [-0.3, -0.25) is 0 Å². The fourth-order valence-electron chi connectivity index (χ4n) is 2.32. The Morgan fingerprint density at radius 1 is 1.10 bits per heavy atom. The van der Waals surface area contributed by atoms with Gasteiger partial charge < -0.3 is 19.3 Å². The van der Waals surface area contributed by atoms with Crippen LogP contribution in [0.5, 0.6) is 0 Å². The SMILES string of the molecule is OCc1coc(N2CCN(c3ccc(Cl)cc3)CC2)n1. The number of oxazole rings is 1. The van der Waals surface area contributed by atoms with Crippen LogP contribution in [0.3, 0.4) is 0 Å². The molecule has 0 spiro atoms. The highest BCUT2D eigenvalue weighted by Gasteiger charge is 2.20. The van der Waals surface area contributed by atoms with E-state index in [4.69, 9.17) is 21.1 Å². The first-order valence-corrected chi connectivity index (χ1v) is 6.95. The van der Waals surface area contributed by atoms with Crippen molar-refractivity contribution in [2.24, 2.45) is 0 Å². The van der Waals surface area contributed by atoms with E-state index >= 15 is 0 Å². The van der Waals surface area contributed by atoms with Gasteiger partial charge in [-0.05, 0) is 24.3 Å². The van der Waals surface area contributed by atoms with Crippen LogP contribution in [-0.2, 0) is 6.61 Å². The maximum absolute atomic E-state index is 9.00. The molecule has 2 heterocycles. The molecule has 0 bridgehead atoms. The summed E-state index contributed by atoms with van der Waals surface area (Å²) in [5.74, 6) is 0. The summed E-state index contributed by atoms with van der Waals surface area (Å²) >= 11 is 5.90. The standard InChI is InChI=1S/C14H16ClN3O2/c15-11-1-3-13(4-2-11)17-5-7-18(8-6-17)14-16-12(9-19)10-20-14/h1-4,10,19H,5-9H2. The Balaban J connectivity index is 1.63. The third-order valence-electron chi connectivity index (χ3n) is 3.44. The van der Waals surface area contributed by atoms with Gasteiger partial charge in [-0.25, -0.2) is 0 Å². The number of halogens is 1. The van der Waals surface area contributed by atoms with E-state index in [1.165, 1.54) is 12.0 Å². The summed E-state index contributed by atoms with van der Waals surface area (Å²) in [6.07, 6.45) is 1.50. The molecule has 1 N–H and O–H groups in total. The predicted octanol–water partition coefficient (Wildman–Crippen LogP) is 2.15. The van der Waals surface area contributed by atoms with Gasteiger partial charge in [-0.15, -0.1) is 0 Å². The van der Waals surface area contributed by atoms with E-state index in [0.29, 0.717) is 11.7 Å². The van der Waals surface area contributed by atoms with Crippen molar-refractivity contribution in [2.75, 3.05) is 36.0 Å². The topological polar surface area (TPSA) is 52.7 Å². The van der Waals surface area contributed by atoms with Gasteiger partial charge in [0.15, 0.2) is 0 Å². The van der Waals surface area contributed by atoms with Crippen LogP contribution >= 0.6 is 11.6 Å². The molecular weight excluding hydrogens is 278 g/mol. The van der Waals surface area contributed by atoms with Crippen molar-refractivity contribution in [3.8, 4) is 0 Å². The van der Waals surface area contributed by atoms with Gasteiger partial charge >= 0.3 is 0 Å². The molecule has 1 aromatic heterocycles. The largest absolute Gasteiger partial charge is 0.432 e. The maximum atomic E-state index is 9.00. The third kappa shape index (κ3) is 2.73. The van der Waals surface area contributed by atoms with Crippen LogP contribution in [0, 0.1) is 0 Å². The Morgan fingerprint density at radius 3 is 2.35 bits per heavy atom. The highest BCUT2D eigenvalue weighted by molar-refractivity contribution is 6.30. The van der Waals surface area contributed by atoms with Gasteiger partial charge in [0.05, 0.1) is 6.61 Å². The Kier molecular flexibility index (Phi) is 3.80. The van der Waals surface area contributed by atoms with E-state index in [-0.39, 0.29) is 6.61 Å². The zero-order chi connectivity index (χ0) is 13.9. The summed E-state index contributed by atoms with van der Waals surface area (Å²) in [5.41, 5.74) is 1.75. The molecule has 0 amide bonds. The van der Waals surface area contributed by atoms with E-state index in [9.17, 15) is 0 Å². The minimum atomic E-state index is -0.0890. The van der Waals surface area contributed by atoms with Crippen LogP contribution in [0.2, 0.25) is 5.02 Å². The van der Waals surface area contributed by atoms with E-state index in [0.717, 1.165) is 31.2 Å². The van der Waals surface area contributed by atoms with Crippen LogP contribution < -0.4 is 9.80 Å². The molecule has 106 valence electrons. The molecule has 0 saturated carbocycles. The Hall–Kier alpha value is -1.72. The number of anilines is 2. The Bertz CT molecular complexity index is 562. The lowest BCUT2D eigenvalue weighted by atomic mass is 10.2. The van der Waals surface area contributed by atoms with Gasteiger partial charge in [0, 0.05) is 36.9 Å². The number of nitrogens with zero attached hydrogens (tertiary/aromatic N) is 3. The quantitative estimate of drug-likeness (QED) is 0.940. The molecule has 1 aromatic carbocycles. The predicted molar refractivity (Wildman–Crippen MR) is 78.3 cm³/mol. The van der Waals surface area contributed by atoms with Gasteiger partial charge in [0.2, 0.25) is 0 Å². The molecule has 0 unspecified atom stereocenters. The molecule has 20 heavy (non-hydrogen) atoms. The van der Waals surface area contributed by atoms with E-state index < -0.39 is 0 Å². The number of aromatic nitrogens is 1. The molecule has 0 radical (unpaired) electrons. The van der Waals surface area contributed by atoms with Crippen molar-refractivity contribution in [2.45, 2.75) is 6.61 Å². The number of hydrogen-bond donors (Lipinski definition) is 1. The van der Waals surface area contributed by atoms with Crippen molar-refractivity contribution in [3.05, 3.63) is 41.2 Å². The van der Waals surface area contributed by atoms with E-state index in [1.54, 1.807) is 0 Å². The summed E-state index contributed by atoms with van der Waals surface area (Å²) in [7, 11) is 0. The molecule has 1 aliphatic heterocycles. The third-order valence-corrected chi connectivity index (χ3v) is 3.70. The fraction of sp³-hybridized carbons (Fsp3) is 0.357. The summed E-state index contributed by atoms with van der Waals surface area (Å²) in [4.78, 5) is 8.63. The Labute approximate surface area is 122 Å². The second-order valence-electron chi connectivity index (χ2n) is 4.73. The first-order valence-electron chi connectivity index (χ1n) is 6.57. The van der Waals surface area contributed by atoms with Crippen LogP contribution in [0.15, 0.2) is 34.9 Å². The first kappa shape index (κ1) is 13.3. The lowest BCUT2D eigenvalue weighted by Gasteiger charge is -2.35. The molecular formula is C14H16ClN3O2. The Morgan fingerprint density at radius 2 is 1.75 bits per heavy atom. The minimum absolute atomic E-state index is 0.0890. The van der Waals surface area contributed by atoms with Crippen LogP contribution in [0.25, 0.3) is 0 Å². The second kappa shape index (κ2) is 5.73. The highest BCUT2D eigenvalue weighted by Crippen LogP contribution is 2.21. The number of hydrogen-bond acceptors (Lipinski definition) is 5. The molecule has 1 saturated heterocycles. The van der Waals surface area contributed by atoms with Crippen molar-refractivity contribution in [1.82, 2.24) is 4.98 Å². The van der Waals surface area contributed by atoms with E-state index in [2.05, 4.69) is 14.8 Å². The van der Waals surface area contributed by atoms with Crippen molar-refractivity contribution in [3.63, 3.8) is 0 Å². The first-order chi connectivity index (χ1) is 9.76. The molecule has 0 aliphatic carbocycles. The van der Waals surface area contributed by atoms with Gasteiger partial charge in [-0.2, -0.15) is 4.98 Å². The molecule has 6 heteroatoms. The fourth-order valence-corrected chi connectivity index (χ4v) is 2.45. The van der Waals surface area contributed by atoms with Crippen LogP contribution in [0.4, 0.5) is 11.7 Å². The van der Waals surface area contributed by atoms with Crippen LogP contribution in [-0.4, -0.2) is 36.3 Å². The summed E-state index contributed by atoms with van der Waals surface area (Å²) in [6, 6.07) is 8.47. The molecule has 3 rings (SSSR count). The lowest BCUT2D eigenvalue weighted by Crippen LogP contribution is -2.46. The number of benzene rings is 1. The number of piperazine rings is 1. The monoisotopic (exact) mass is 293 g/mol. The zero-order valence-corrected chi connectivity index (χ0v) is 11.8. The van der Waals surface area contributed by atoms with Gasteiger partial charge in [0.1, 0.15) is 12.0 Å². The lowest BCUT2D eigenvalue weighted by molar-refractivity contribution is 0.276. The van der Waals surface area contributed by atoms with E-state index in [1.807, 2.05) is 24.3 Å². The minimum Gasteiger partial charge on any atom is -0.432 e. The number of aliphatic hydroxyl groups is 1. The van der Waals surface area contributed by atoms with Gasteiger partial charge in [0.25, 0.3) is 6.01 Å². The van der Waals surface area contributed by atoms with Crippen molar-refractivity contribution >= 4 is 23.3 Å². The maximum Gasteiger partial charge on any atom is 0.297 e.